The van der Waals surface area contributed by atoms with Gasteiger partial charge in [0.15, 0.2) is 0 Å². The summed E-state index contributed by atoms with van der Waals surface area (Å²) in [6.07, 6.45) is 2.53. The highest BCUT2D eigenvalue weighted by atomic mass is 127. The molecule has 0 saturated carbocycles. The molecule has 2 nitrogen and oxygen atoms in total. The quantitative estimate of drug-likeness (QED) is 0.834. The third-order valence-electron chi connectivity index (χ3n) is 3.36. The van der Waals surface area contributed by atoms with E-state index in [9.17, 15) is 0 Å². The molecule has 96 valence electrons. The van der Waals surface area contributed by atoms with Gasteiger partial charge in [-0.3, -0.25) is 4.90 Å². The molecule has 0 amide bonds. The van der Waals surface area contributed by atoms with Crippen LogP contribution in [0.15, 0.2) is 24.3 Å². The van der Waals surface area contributed by atoms with Crippen LogP contribution in [0.25, 0.3) is 0 Å². The van der Waals surface area contributed by atoms with Gasteiger partial charge >= 0.3 is 0 Å². The Kier molecular flexibility index (Phi) is 6.77. The predicted molar refractivity (Wildman–Crippen MR) is 83.5 cm³/mol. The van der Waals surface area contributed by atoms with Gasteiger partial charge in [0.05, 0.1) is 0 Å². The van der Waals surface area contributed by atoms with Crippen molar-refractivity contribution < 1.29 is 0 Å². The van der Waals surface area contributed by atoms with Gasteiger partial charge in [0.1, 0.15) is 0 Å². The molecular weight excluding hydrogens is 347 g/mol. The van der Waals surface area contributed by atoms with Gasteiger partial charge in [-0.1, -0.05) is 12.1 Å². The average Bonchev–Trinajstić information content (AvgIpc) is 2.33. The van der Waals surface area contributed by atoms with E-state index in [2.05, 4.69) is 51.8 Å². The lowest BCUT2D eigenvalue weighted by Crippen LogP contribution is -2.35. The number of nitrogens with zero attached hydrogens (tertiary/aromatic N) is 1. The Morgan fingerprint density at radius 2 is 1.76 bits per heavy atom. The molecule has 1 aromatic carbocycles. The van der Waals surface area contributed by atoms with E-state index >= 15 is 0 Å². The van der Waals surface area contributed by atoms with Crippen LogP contribution in [0, 0.1) is 9.49 Å². The van der Waals surface area contributed by atoms with Crippen LogP contribution in [0.1, 0.15) is 18.4 Å². The van der Waals surface area contributed by atoms with Gasteiger partial charge < -0.3 is 5.73 Å². The lowest BCUT2D eigenvalue weighted by atomic mass is 9.97. The Balaban J connectivity index is 0.00000144. The van der Waals surface area contributed by atoms with Crippen molar-refractivity contribution in [3.05, 3.63) is 33.4 Å². The maximum absolute atomic E-state index is 5.70. The number of benzene rings is 1. The predicted octanol–water partition coefficient (Wildman–Crippen LogP) is 2.88. The van der Waals surface area contributed by atoms with Crippen molar-refractivity contribution in [3.8, 4) is 0 Å². The van der Waals surface area contributed by atoms with Gasteiger partial charge in [0.25, 0.3) is 0 Å². The molecule has 0 aromatic heterocycles. The molecule has 0 radical (unpaired) electrons. The van der Waals surface area contributed by atoms with E-state index in [1.165, 1.54) is 35.1 Å². The summed E-state index contributed by atoms with van der Waals surface area (Å²) in [5, 5.41) is 0. The molecule has 0 atom stereocenters. The Morgan fingerprint density at radius 1 is 1.18 bits per heavy atom. The first-order chi connectivity index (χ1) is 7.78. The standard InChI is InChI=1S/C13H19IN2.ClH/c14-13-3-1-12(2-4-13)10-16-7-5-11(9-15)6-8-16;/h1-4,11H,5-10,15H2;1H. The van der Waals surface area contributed by atoms with Crippen molar-refractivity contribution >= 4 is 35.0 Å². The first kappa shape index (κ1) is 15.2. The van der Waals surface area contributed by atoms with E-state index in [1.54, 1.807) is 0 Å². The summed E-state index contributed by atoms with van der Waals surface area (Å²) in [7, 11) is 0. The lowest BCUT2D eigenvalue weighted by Gasteiger charge is -2.31. The van der Waals surface area contributed by atoms with Crippen LogP contribution in [-0.2, 0) is 6.54 Å². The van der Waals surface area contributed by atoms with E-state index in [1.807, 2.05) is 0 Å². The maximum Gasteiger partial charge on any atom is 0.0233 e. The second-order valence-corrected chi connectivity index (χ2v) is 5.83. The molecule has 1 aliphatic rings. The van der Waals surface area contributed by atoms with E-state index in [0.29, 0.717) is 0 Å². The third-order valence-corrected chi connectivity index (χ3v) is 4.08. The molecular formula is C13H20ClIN2. The van der Waals surface area contributed by atoms with Crippen molar-refractivity contribution in [2.24, 2.45) is 11.7 Å². The molecule has 2 N–H and O–H groups in total. The summed E-state index contributed by atoms with van der Waals surface area (Å²) in [6.45, 7) is 4.35. The highest BCUT2D eigenvalue weighted by molar-refractivity contribution is 14.1. The molecule has 4 heteroatoms. The van der Waals surface area contributed by atoms with Crippen LogP contribution >= 0.6 is 35.0 Å². The Morgan fingerprint density at radius 3 is 2.29 bits per heavy atom. The monoisotopic (exact) mass is 366 g/mol. The second-order valence-electron chi connectivity index (χ2n) is 4.58. The largest absolute Gasteiger partial charge is 0.330 e. The fourth-order valence-electron chi connectivity index (χ4n) is 2.23. The maximum atomic E-state index is 5.70. The van der Waals surface area contributed by atoms with Crippen molar-refractivity contribution in [1.82, 2.24) is 4.90 Å². The summed E-state index contributed by atoms with van der Waals surface area (Å²) in [5.41, 5.74) is 7.12. The SMILES string of the molecule is Cl.NCC1CCN(Cc2ccc(I)cc2)CC1. The molecule has 0 spiro atoms. The summed E-state index contributed by atoms with van der Waals surface area (Å²) in [5.74, 6) is 0.757. The van der Waals surface area contributed by atoms with Gasteiger partial charge in [0.2, 0.25) is 0 Å². The van der Waals surface area contributed by atoms with Crippen LogP contribution in [0.4, 0.5) is 0 Å². The Bertz CT molecular complexity index is 321. The van der Waals surface area contributed by atoms with Crippen LogP contribution < -0.4 is 5.73 Å². The summed E-state index contributed by atoms with van der Waals surface area (Å²) < 4.78 is 1.31. The number of piperidine rings is 1. The molecule has 1 heterocycles. The zero-order chi connectivity index (χ0) is 11.4. The molecule has 1 saturated heterocycles. The van der Waals surface area contributed by atoms with E-state index in [0.717, 1.165) is 19.0 Å². The molecule has 0 bridgehead atoms. The smallest absolute Gasteiger partial charge is 0.0233 e. The summed E-state index contributed by atoms with van der Waals surface area (Å²) in [6, 6.07) is 8.83. The molecule has 17 heavy (non-hydrogen) atoms. The number of nitrogens with two attached hydrogens (primary N) is 1. The van der Waals surface area contributed by atoms with Gasteiger partial charge in [-0.15, -0.1) is 12.4 Å². The molecule has 0 aliphatic carbocycles. The van der Waals surface area contributed by atoms with Crippen LogP contribution in [0.5, 0.6) is 0 Å². The van der Waals surface area contributed by atoms with Crippen molar-refractivity contribution in [1.29, 1.82) is 0 Å². The van der Waals surface area contributed by atoms with Crippen molar-refractivity contribution in [2.45, 2.75) is 19.4 Å². The van der Waals surface area contributed by atoms with Crippen LogP contribution in [-0.4, -0.2) is 24.5 Å². The topological polar surface area (TPSA) is 29.3 Å². The number of likely N-dealkylation sites (tertiary alicyclic amines) is 1. The van der Waals surface area contributed by atoms with Gasteiger partial charge in [0, 0.05) is 10.1 Å². The fourth-order valence-corrected chi connectivity index (χ4v) is 2.59. The molecule has 2 rings (SSSR count). The van der Waals surface area contributed by atoms with Crippen LogP contribution in [0.3, 0.4) is 0 Å². The number of hydrogen-bond acceptors (Lipinski definition) is 2. The minimum Gasteiger partial charge on any atom is -0.330 e. The van der Waals surface area contributed by atoms with E-state index in [4.69, 9.17) is 5.73 Å². The summed E-state index contributed by atoms with van der Waals surface area (Å²) >= 11 is 2.35. The first-order valence-electron chi connectivity index (χ1n) is 5.95. The molecule has 1 fully saturated rings. The number of rotatable bonds is 3. The molecule has 1 aliphatic heterocycles. The number of halogens is 2. The van der Waals surface area contributed by atoms with E-state index in [-0.39, 0.29) is 12.4 Å². The minimum atomic E-state index is 0. The Hall–Kier alpha value is 0.160. The average molecular weight is 367 g/mol. The number of hydrogen-bond donors (Lipinski definition) is 1. The van der Waals surface area contributed by atoms with Gasteiger partial charge in [-0.05, 0) is 78.7 Å². The third kappa shape index (κ3) is 4.73. The normalized spacial score (nSPS) is 17.8. The molecule has 0 unspecified atom stereocenters. The zero-order valence-corrected chi connectivity index (χ0v) is 12.9. The zero-order valence-electron chi connectivity index (χ0n) is 9.94. The minimum absolute atomic E-state index is 0. The Labute approximate surface area is 123 Å². The van der Waals surface area contributed by atoms with Gasteiger partial charge in [-0.2, -0.15) is 0 Å². The van der Waals surface area contributed by atoms with Crippen LogP contribution in [0.2, 0.25) is 0 Å². The highest BCUT2D eigenvalue weighted by Crippen LogP contribution is 2.18. The lowest BCUT2D eigenvalue weighted by molar-refractivity contribution is 0.180. The second kappa shape index (κ2) is 7.56. The first-order valence-corrected chi connectivity index (χ1v) is 7.02. The van der Waals surface area contributed by atoms with Crippen molar-refractivity contribution in [3.63, 3.8) is 0 Å². The van der Waals surface area contributed by atoms with Gasteiger partial charge in [-0.25, -0.2) is 0 Å². The fraction of sp³-hybridized carbons (Fsp3) is 0.538. The summed E-state index contributed by atoms with van der Waals surface area (Å²) in [4.78, 5) is 2.54. The van der Waals surface area contributed by atoms with Crippen molar-refractivity contribution in [2.75, 3.05) is 19.6 Å². The van der Waals surface area contributed by atoms with E-state index < -0.39 is 0 Å². The highest BCUT2D eigenvalue weighted by Gasteiger charge is 2.17. The molecule has 1 aromatic rings.